The zero-order valence-electron chi connectivity index (χ0n) is 20.2. The molecule has 3 unspecified atom stereocenters. The van der Waals surface area contributed by atoms with E-state index in [0.717, 1.165) is 67.2 Å². The van der Waals surface area contributed by atoms with Crippen LogP contribution in [0.15, 0.2) is 54.7 Å². The number of ether oxygens (including phenoxy) is 1. The maximum atomic E-state index is 11.4. The minimum atomic E-state index is -0.371. The van der Waals surface area contributed by atoms with Crippen molar-refractivity contribution in [2.75, 3.05) is 25.0 Å². The van der Waals surface area contributed by atoms with Crippen molar-refractivity contribution in [3.63, 3.8) is 0 Å². The monoisotopic (exact) mass is 480 g/mol. The standard InChI is InChI=1S/C29H37ClN2O2/c1-20-4-7-23-8-13-26(16-27(23)31-20)34-19-22-6-5-21(2)32(17-22)18-28(33)29(14-3-15-29)24-9-11-25(30)12-10-24/h8-13,16,21-22,28,31,33H,1,3-7,14-15,17-19H2,2H3. The molecular formula is C29H37ClN2O2. The average molecular weight is 481 g/mol. The number of hydrogen-bond donors (Lipinski definition) is 2. The molecule has 4 nitrogen and oxygen atoms in total. The first kappa shape index (κ1) is 23.7. The average Bonchev–Trinajstić information content (AvgIpc) is 2.79. The third-order valence-corrected chi connectivity index (χ3v) is 8.65. The van der Waals surface area contributed by atoms with E-state index in [1.54, 1.807) is 0 Å². The summed E-state index contributed by atoms with van der Waals surface area (Å²) in [4.78, 5) is 2.48. The molecule has 2 aromatic rings. The zero-order chi connectivity index (χ0) is 23.7. The van der Waals surface area contributed by atoms with Crippen LogP contribution in [-0.4, -0.2) is 41.8 Å². The quantitative estimate of drug-likeness (QED) is 0.497. The van der Waals surface area contributed by atoms with Gasteiger partial charge >= 0.3 is 0 Å². The lowest BCUT2D eigenvalue weighted by atomic mass is 9.61. The van der Waals surface area contributed by atoms with E-state index in [9.17, 15) is 5.11 Å². The van der Waals surface area contributed by atoms with E-state index >= 15 is 0 Å². The molecule has 1 saturated carbocycles. The van der Waals surface area contributed by atoms with Crippen molar-refractivity contribution in [2.45, 2.75) is 69.4 Å². The number of piperidine rings is 1. The van der Waals surface area contributed by atoms with Crippen molar-refractivity contribution in [3.05, 3.63) is 70.9 Å². The van der Waals surface area contributed by atoms with E-state index in [1.165, 1.54) is 17.5 Å². The predicted octanol–water partition coefficient (Wildman–Crippen LogP) is 6.17. The second kappa shape index (κ2) is 9.93. The van der Waals surface area contributed by atoms with Gasteiger partial charge in [0.05, 0.1) is 12.7 Å². The number of allylic oxidation sites excluding steroid dienone is 1. The van der Waals surface area contributed by atoms with Crippen LogP contribution in [0.1, 0.15) is 56.6 Å². The molecule has 3 aliphatic rings. The van der Waals surface area contributed by atoms with Crippen molar-refractivity contribution in [2.24, 2.45) is 5.92 Å². The minimum absolute atomic E-state index is 0.131. The van der Waals surface area contributed by atoms with Crippen LogP contribution >= 0.6 is 11.6 Å². The number of anilines is 1. The van der Waals surface area contributed by atoms with Gasteiger partial charge in [0, 0.05) is 52.9 Å². The van der Waals surface area contributed by atoms with Gasteiger partial charge in [-0.15, -0.1) is 0 Å². The summed E-state index contributed by atoms with van der Waals surface area (Å²) in [7, 11) is 0. The summed E-state index contributed by atoms with van der Waals surface area (Å²) in [6.45, 7) is 8.75. The molecule has 2 heterocycles. The molecule has 1 aliphatic carbocycles. The minimum Gasteiger partial charge on any atom is -0.493 e. The van der Waals surface area contributed by atoms with E-state index in [2.05, 4.69) is 54.1 Å². The number of fused-ring (bicyclic) bond motifs is 1. The highest BCUT2D eigenvalue weighted by Crippen LogP contribution is 2.47. The van der Waals surface area contributed by atoms with Crippen molar-refractivity contribution >= 4 is 17.3 Å². The summed E-state index contributed by atoms with van der Waals surface area (Å²) in [6, 6.07) is 15.0. The Morgan fingerprint density at radius 3 is 2.71 bits per heavy atom. The number of hydrogen-bond acceptors (Lipinski definition) is 4. The fraction of sp³-hybridized carbons (Fsp3) is 0.517. The first-order chi connectivity index (χ1) is 16.4. The number of aliphatic hydroxyl groups excluding tert-OH is 1. The van der Waals surface area contributed by atoms with Crippen molar-refractivity contribution in [1.29, 1.82) is 0 Å². The van der Waals surface area contributed by atoms with Crippen LogP contribution < -0.4 is 10.1 Å². The molecule has 34 heavy (non-hydrogen) atoms. The molecule has 0 spiro atoms. The van der Waals surface area contributed by atoms with Gasteiger partial charge in [0.15, 0.2) is 0 Å². The maximum absolute atomic E-state index is 11.4. The van der Waals surface area contributed by atoms with Crippen molar-refractivity contribution in [3.8, 4) is 5.75 Å². The Kier molecular flexibility index (Phi) is 6.92. The Morgan fingerprint density at radius 1 is 1.18 bits per heavy atom. The normalized spacial score (nSPS) is 25.1. The lowest BCUT2D eigenvalue weighted by Gasteiger charge is -2.49. The number of benzene rings is 2. The Hall–Kier alpha value is -2.01. The first-order valence-corrected chi connectivity index (χ1v) is 13.2. The molecule has 2 aromatic carbocycles. The van der Waals surface area contributed by atoms with Crippen LogP contribution in [0.5, 0.6) is 5.75 Å². The molecular weight excluding hydrogens is 444 g/mol. The Bertz CT molecular complexity index is 1020. The molecule has 0 bridgehead atoms. The van der Waals surface area contributed by atoms with E-state index in [1.807, 2.05) is 12.1 Å². The number of likely N-dealkylation sites (tertiary alicyclic amines) is 1. The summed E-state index contributed by atoms with van der Waals surface area (Å²) < 4.78 is 6.24. The highest BCUT2D eigenvalue weighted by atomic mass is 35.5. The smallest absolute Gasteiger partial charge is 0.121 e. The van der Waals surface area contributed by atoms with E-state index in [0.29, 0.717) is 25.1 Å². The molecule has 5 rings (SSSR count). The summed E-state index contributed by atoms with van der Waals surface area (Å²) in [5, 5.41) is 15.6. The zero-order valence-corrected chi connectivity index (χ0v) is 21.0. The summed E-state index contributed by atoms with van der Waals surface area (Å²) in [5.74, 6) is 1.39. The van der Waals surface area contributed by atoms with Gasteiger partial charge < -0.3 is 15.2 Å². The molecule has 2 N–H and O–H groups in total. The first-order valence-electron chi connectivity index (χ1n) is 12.8. The predicted molar refractivity (Wildman–Crippen MR) is 140 cm³/mol. The summed E-state index contributed by atoms with van der Waals surface area (Å²) in [6.07, 6.45) is 7.23. The highest BCUT2D eigenvalue weighted by molar-refractivity contribution is 6.30. The second-order valence-electron chi connectivity index (χ2n) is 10.6. The van der Waals surface area contributed by atoms with Gasteiger partial charge in [-0.2, -0.15) is 0 Å². The molecule has 0 aromatic heterocycles. The fourth-order valence-corrected chi connectivity index (χ4v) is 6.06. The van der Waals surface area contributed by atoms with Gasteiger partial charge in [0.25, 0.3) is 0 Å². The SMILES string of the molecule is C=C1CCc2ccc(OCC3CCC(C)N(CC(O)C4(c5ccc(Cl)cc5)CCC4)C3)cc2N1. The lowest BCUT2D eigenvalue weighted by molar-refractivity contribution is -0.0214. The molecule has 5 heteroatoms. The fourth-order valence-electron chi connectivity index (χ4n) is 5.94. The molecule has 1 saturated heterocycles. The molecule has 182 valence electrons. The Balaban J connectivity index is 1.20. The molecule has 2 aliphatic heterocycles. The topological polar surface area (TPSA) is 44.7 Å². The van der Waals surface area contributed by atoms with E-state index in [4.69, 9.17) is 16.3 Å². The van der Waals surface area contributed by atoms with Crippen LogP contribution in [0.2, 0.25) is 5.02 Å². The number of β-amino-alcohol motifs (C(OH)–C–C–N with tert-alkyl or cyclic N) is 1. The molecule has 3 atom stereocenters. The van der Waals surface area contributed by atoms with Crippen molar-refractivity contribution < 1.29 is 9.84 Å². The molecule has 0 radical (unpaired) electrons. The van der Waals surface area contributed by atoms with Crippen LogP contribution in [-0.2, 0) is 11.8 Å². The number of nitrogens with zero attached hydrogens (tertiary/aromatic N) is 1. The third kappa shape index (κ3) is 4.86. The number of nitrogens with one attached hydrogen (secondary N) is 1. The Morgan fingerprint density at radius 2 is 1.97 bits per heavy atom. The van der Waals surface area contributed by atoms with Crippen LogP contribution in [0.25, 0.3) is 0 Å². The largest absolute Gasteiger partial charge is 0.493 e. The van der Waals surface area contributed by atoms with Crippen LogP contribution in [0.4, 0.5) is 5.69 Å². The van der Waals surface area contributed by atoms with E-state index in [-0.39, 0.29) is 11.5 Å². The van der Waals surface area contributed by atoms with Gasteiger partial charge in [-0.3, -0.25) is 4.90 Å². The lowest BCUT2D eigenvalue weighted by Crippen LogP contribution is -2.54. The van der Waals surface area contributed by atoms with Gasteiger partial charge in [-0.25, -0.2) is 0 Å². The second-order valence-corrected chi connectivity index (χ2v) is 11.1. The van der Waals surface area contributed by atoms with E-state index < -0.39 is 0 Å². The number of aryl methyl sites for hydroxylation is 1. The Labute approximate surface area is 209 Å². The third-order valence-electron chi connectivity index (χ3n) is 8.39. The number of rotatable bonds is 7. The van der Waals surface area contributed by atoms with Gasteiger partial charge in [0.1, 0.15) is 5.75 Å². The number of halogens is 1. The molecule has 2 fully saturated rings. The maximum Gasteiger partial charge on any atom is 0.121 e. The van der Waals surface area contributed by atoms with Gasteiger partial charge in [-0.05, 0) is 74.8 Å². The highest BCUT2D eigenvalue weighted by Gasteiger charge is 2.46. The van der Waals surface area contributed by atoms with Gasteiger partial charge in [0.2, 0.25) is 0 Å². The van der Waals surface area contributed by atoms with Crippen LogP contribution in [0.3, 0.4) is 0 Å². The van der Waals surface area contributed by atoms with Crippen molar-refractivity contribution in [1.82, 2.24) is 4.90 Å². The van der Waals surface area contributed by atoms with Gasteiger partial charge in [-0.1, -0.05) is 42.8 Å². The molecule has 0 amide bonds. The number of aliphatic hydroxyl groups is 1. The van der Waals surface area contributed by atoms with Crippen LogP contribution in [0, 0.1) is 5.92 Å². The summed E-state index contributed by atoms with van der Waals surface area (Å²) in [5.41, 5.74) is 4.63. The summed E-state index contributed by atoms with van der Waals surface area (Å²) >= 11 is 6.12.